The van der Waals surface area contributed by atoms with E-state index in [1.54, 1.807) is 13.2 Å². The number of aryl methyl sites for hydroxylation is 1. The molecule has 2 aromatic rings. The molecule has 0 saturated heterocycles. The molecule has 0 radical (unpaired) electrons. The van der Waals surface area contributed by atoms with Gasteiger partial charge < -0.3 is 10.3 Å². The van der Waals surface area contributed by atoms with Gasteiger partial charge in [0.05, 0.1) is 5.56 Å². The molecule has 128 valence electrons. The van der Waals surface area contributed by atoms with Crippen LogP contribution in [0.5, 0.6) is 0 Å². The Bertz CT molecular complexity index is 800. The van der Waals surface area contributed by atoms with Crippen LogP contribution < -0.4 is 11.0 Å². The average Bonchev–Trinajstić information content (AvgIpc) is 2.52. The maximum Gasteiger partial charge on any atom is 0.346 e. The molecule has 2 N–H and O–H groups in total. The zero-order valence-electron chi connectivity index (χ0n) is 14.1. The predicted molar refractivity (Wildman–Crippen MR) is 98.2 cm³/mol. The van der Waals surface area contributed by atoms with Gasteiger partial charge in [-0.3, -0.25) is 4.79 Å². The van der Waals surface area contributed by atoms with Gasteiger partial charge in [-0.2, -0.15) is 4.98 Å². The van der Waals surface area contributed by atoms with Gasteiger partial charge in [0.2, 0.25) is 0 Å². The summed E-state index contributed by atoms with van der Waals surface area (Å²) < 4.78 is 0. The number of thioether (sulfide) groups is 1. The lowest BCUT2D eigenvalue weighted by molar-refractivity contribution is 0.0940. The third-order valence-electron chi connectivity index (χ3n) is 3.82. The molecule has 0 aliphatic heterocycles. The molecular formula is C17H20ClN3O2S. The first-order chi connectivity index (χ1) is 11.2. The Morgan fingerprint density at radius 2 is 1.96 bits per heavy atom. The van der Waals surface area contributed by atoms with E-state index < -0.39 is 5.69 Å². The molecule has 0 bridgehead atoms. The van der Waals surface area contributed by atoms with E-state index in [4.69, 9.17) is 11.6 Å². The number of hydrogen-bond acceptors (Lipinski definition) is 4. The van der Waals surface area contributed by atoms with E-state index in [1.807, 2.05) is 38.1 Å². The van der Waals surface area contributed by atoms with Gasteiger partial charge in [-0.15, -0.1) is 11.8 Å². The van der Waals surface area contributed by atoms with Crippen LogP contribution in [0.25, 0.3) is 0 Å². The second-order valence-electron chi connectivity index (χ2n) is 6.12. The van der Waals surface area contributed by atoms with Gasteiger partial charge in [-0.05, 0) is 30.9 Å². The van der Waals surface area contributed by atoms with Gasteiger partial charge in [-0.1, -0.05) is 37.6 Å². The fourth-order valence-corrected chi connectivity index (χ4v) is 3.12. The lowest BCUT2D eigenvalue weighted by Crippen LogP contribution is -2.37. The summed E-state index contributed by atoms with van der Waals surface area (Å²) >= 11 is 7.20. The summed E-state index contributed by atoms with van der Waals surface area (Å²) in [6.07, 6.45) is 1.79. The SMILES string of the molecule is CSc1nc(=O)[nH]c(C)c1C(=O)NCC(C)(C)c1ccc(Cl)cc1. The van der Waals surface area contributed by atoms with Crippen molar-refractivity contribution in [3.05, 3.63) is 56.6 Å². The number of carbonyl (C=O) groups is 1. The molecule has 5 nitrogen and oxygen atoms in total. The molecule has 0 saturated carbocycles. The molecular weight excluding hydrogens is 346 g/mol. The molecule has 0 unspecified atom stereocenters. The van der Waals surface area contributed by atoms with E-state index in [0.717, 1.165) is 5.56 Å². The number of halogens is 1. The Morgan fingerprint density at radius 3 is 2.54 bits per heavy atom. The first-order valence-electron chi connectivity index (χ1n) is 7.44. The zero-order chi connectivity index (χ0) is 17.9. The highest BCUT2D eigenvalue weighted by Crippen LogP contribution is 2.24. The van der Waals surface area contributed by atoms with Crippen molar-refractivity contribution in [1.29, 1.82) is 0 Å². The van der Waals surface area contributed by atoms with Crippen molar-refractivity contribution in [3.8, 4) is 0 Å². The minimum atomic E-state index is -0.449. The maximum absolute atomic E-state index is 12.6. The topological polar surface area (TPSA) is 74.8 Å². The Morgan fingerprint density at radius 1 is 1.33 bits per heavy atom. The standard InChI is InChI=1S/C17H20ClN3O2S/c1-10-13(15(24-4)21-16(23)20-10)14(22)19-9-17(2,3)11-5-7-12(18)8-6-11/h5-8H,9H2,1-4H3,(H,19,22)(H,20,21,23). The summed E-state index contributed by atoms with van der Waals surface area (Å²) in [7, 11) is 0. The van der Waals surface area contributed by atoms with E-state index in [1.165, 1.54) is 11.8 Å². The van der Waals surface area contributed by atoms with Crippen molar-refractivity contribution >= 4 is 29.3 Å². The number of rotatable bonds is 5. The summed E-state index contributed by atoms with van der Waals surface area (Å²) in [6.45, 7) is 6.23. The third kappa shape index (κ3) is 4.19. The number of benzene rings is 1. The largest absolute Gasteiger partial charge is 0.351 e. The summed E-state index contributed by atoms with van der Waals surface area (Å²) in [5.41, 5.74) is 1.29. The van der Waals surface area contributed by atoms with Gasteiger partial charge in [0.15, 0.2) is 0 Å². The van der Waals surface area contributed by atoms with E-state index in [0.29, 0.717) is 27.9 Å². The quantitative estimate of drug-likeness (QED) is 0.630. The molecule has 7 heteroatoms. The number of H-pyrrole nitrogens is 1. The van der Waals surface area contributed by atoms with Crippen LogP contribution in [0, 0.1) is 6.92 Å². The lowest BCUT2D eigenvalue weighted by Gasteiger charge is -2.26. The number of amides is 1. The first-order valence-corrected chi connectivity index (χ1v) is 9.04. The van der Waals surface area contributed by atoms with Crippen LogP contribution in [0.1, 0.15) is 35.5 Å². The molecule has 24 heavy (non-hydrogen) atoms. The van der Waals surface area contributed by atoms with E-state index in [9.17, 15) is 9.59 Å². The monoisotopic (exact) mass is 365 g/mol. The normalized spacial score (nSPS) is 11.4. The van der Waals surface area contributed by atoms with E-state index in [-0.39, 0.29) is 11.3 Å². The van der Waals surface area contributed by atoms with Crippen molar-refractivity contribution < 1.29 is 4.79 Å². The summed E-state index contributed by atoms with van der Waals surface area (Å²) in [5, 5.41) is 4.05. The summed E-state index contributed by atoms with van der Waals surface area (Å²) in [4.78, 5) is 30.5. The van der Waals surface area contributed by atoms with Gasteiger partial charge in [0.25, 0.3) is 5.91 Å². The minimum Gasteiger partial charge on any atom is -0.351 e. The average molecular weight is 366 g/mol. The van der Waals surface area contributed by atoms with Crippen molar-refractivity contribution in [2.45, 2.75) is 31.2 Å². The van der Waals surface area contributed by atoms with Crippen molar-refractivity contribution in [2.24, 2.45) is 0 Å². The Hall–Kier alpha value is -1.79. The maximum atomic E-state index is 12.6. The fraction of sp³-hybridized carbons (Fsp3) is 0.353. The van der Waals surface area contributed by atoms with Gasteiger partial charge in [0, 0.05) is 22.7 Å². The van der Waals surface area contributed by atoms with Crippen LogP contribution in [0.2, 0.25) is 5.02 Å². The number of nitrogens with zero attached hydrogens (tertiary/aromatic N) is 1. The van der Waals surface area contributed by atoms with Crippen LogP contribution in [0.3, 0.4) is 0 Å². The molecule has 1 heterocycles. The number of aromatic nitrogens is 2. The molecule has 1 amide bonds. The Balaban J connectivity index is 2.19. The molecule has 0 fully saturated rings. The molecule has 0 spiro atoms. The van der Waals surface area contributed by atoms with Crippen LogP contribution >= 0.6 is 23.4 Å². The van der Waals surface area contributed by atoms with Gasteiger partial charge in [0.1, 0.15) is 5.03 Å². The highest BCUT2D eigenvalue weighted by atomic mass is 35.5. The summed E-state index contributed by atoms with van der Waals surface area (Å²) in [5.74, 6) is -0.248. The molecule has 0 aliphatic carbocycles. The highest BCUT2D eigenvalue weighted by Gasteiger charge is 2.23. The number of hydrogen-bond donors (Lipinski definition) is 2. The minimum absolute atomic E-state index is 0.248. The van der Waals surface area contributed by atoms with Gasteiger partial charge >= 0.3 is 5.69 Å². The van der Waals surface area contributed by atoms with Crippen LogP contribution in [-0.2, 0) is 5.41 Å². The number of carbonyl (C=O) groups excluding carboxylic acids is 1. The first kappa shape index (κ1) is 18.5. The molecule has 0 atom stereocenters. The number of nitrogens with one attached hydrogen (secondary N) is 2. The molecule has 1 aromatic heterocycles. The van der Waals surface area contributed by atoms with Crippen LogP contribution in [0.15, 0.2) is 34.1 Å². The van der Waals surface area contributed by atoms with Gasteiger partial charge in [-0.25, -0.2) is 4.79 Å². The van der Waals surface area contributed by atoms with Crippen molar-refractivity contribution in [2.75, 3.05) is 12.8 Å². The molecule has 1 aromatic carbocycles. The fourth-order valence-electron chi connectivity index (χ4n) is 2.37. The second-order valence-corrected chi connectivity index (χ2v) is 7.36. The smallest absolute Gasteiger partial charge is 0.346 e. The summed E-state index contributed by atoms with van der Waals surface area (Å²) in [6, 6.07) is 7.58. The molecule has 2 rings (SSSR count). The zero-order valence-corrected chi connectivity index (χ0v) is 15.6. The van der Waals surface area contributed by atoms with Crippen molar-refractivity contribution in [1.82, 2.24) is 15.3 Å². The van der Waals surface area contributed by atoms with E-state index in [2.05, 4.69) is 15.3 Å². The molecule has 0 aliphatic rings. The third-order valence-corrected chi connectivity index (χ3v) is 4.76. The lowest BCUT2D eigenvalue weighted by atomic mass is 9.84. The van der Waals surface area contributed by atoms with E-state index >= 15 is 0 Å². The highest BCUT2D eigenvalue weighted by molar-refractivity contribution is 7.98. The van der Waals surface area contributed by atoms with Crippen LogP contribution in [-0.4, -0.2) is 28.7 Å². The Labute approximate surface area is 150 Å². The van der Waals surface area contributed by atoms with Crippen LogP contribution in [0.4, 0.5) is 0 Å². The predicted octanol–water partition coefficient (Wildman–Crippen LogP) is 3.16. The van der Waals surface area contributed by atoms with Crippen molar-refractivity contribution in [3.63, 3.8) is 0 Å². The number of aromatic amines is 1. The Kier molecular flexibility index (Phi) is 5.72. The second kappa shape index (κ2) is 7.40.